The highest BCUT2D eigenvalue weighted by Crippen LogP contribution is 1.90. The second-order valence-corrected chi connectivity index (χ2v) is 2.65. The Hall–Kier alpha value is -0.970. The zero-order valence-corrected chi connectivity index (χ0v) is 7.62. The van der Waals surface area contributed by atoms with E-state index in [9.17, 15) is 0 Å². The summed E-state index contributed by atoms with van der Waals surface area (Å²) in [4.78, 5) is 1.49. The molecule has 0 aliphatic heterocycles. The Morgan fingerprint density at radius 1 is 1.50 bits per heavy atom. The second kappa shape index (κ2) is 4.82. The van der Waals surface area contributed by atoms with Gasteiger partial charge in [0, 0.05) is 6.42 Å². The van der Waals surface area contributed by atoms with Gasteiger partial charge in [0.2, 0.25) is 0 Å². The molecule has 0 amide bonds. The molecular formula is C7H15N5. The summed E-state index contributed by atoms with van der Waals surface area (Å²) < 4.78 is 0. The fourth-order valence-corrected chi connectivity index (χ4v) is 0.972. The molecule has 0 aliphatic carbocycles. The first-order valence-electron chi connectivity index (χ1n) is 4.26. The van der Waals surface area contributed by atoms with E-state index >= 15 is 0 Å². The molecule has 1 heterocycles. The average Bonchev–Trinajstić information content (AvgIpc) is 2.45. The summed E-state index contributed by atoms with van der Waals surface area (Å²) in [6.07, 6.45) is 1.97. The van der Waals surface area contributed by atoms with Gasteiger partial charge in [-0.1, -0.05) is 6.92 Å². The van der Waals surface area contributed by atoms with Gasteiger partial charge in [-0.05, 0) is 24.7 Å². The number of aryl methyl sites for hydroxylation is 2. The third kappa shape index (κ3) is 2.96. The van der Waals surface area contributed by atoms with Crippen LogP contribution in [-0.4, -0.2) is 33.3 Å². The molecule has 0 unspecified atom stereocenters. The number of hydrogen-bond acceptors (Lipinski definition) is 4. The van der Waals surface area contributed by atoms with Crippen LogP contribution < -0.4 is 5.32 Å². The average molecular weight is 169 g/mol. The SMILES string of the molecule is CCNCCCc1nnn(C)n1. The fraction of sp³-hybridized carbons (Fsp3) is 0.857. The fourth-order valence-electron chi connectivity index (χ4n) is 0.972. The molecule has 12 heavy (non-hydrogen) atoms. The molecule has 0 radical (unpaired) electrons. The smallest absolute Gasteiger partial charge is 0.174 e. The van der Waals surface area contributed by atoms with Crippen molar-refractivity contribution in [3.8, 4) is 0 Å². The van der Waals surface area contributed by atoms with Gasteiger partial charge in [0.15, 0.2) is 5.82 Å². The van der Waals surface area contributed by atoms with Gasteiger partial charge >= 0.3 is 0 Å². The lowest BCUT2D eigenvalue weighted by Gasteiger charge is -1.97. The molecule has 0 spiro atoms. The molecule has 5 heteroatoms. The zero-order chi connectivity index (χ0) is 8.81. The van der Waals surface area contributed by atoms with Crippen LogP contribution in [0.15, 0.2) is 0 Å². The van der Waals surface area contributed by atoms with Crippen LogP contribution in [0.25, 0.3) is 0 Å². The van der Waals surface area contributed by atoms with Crippen molar-refractivity contribution in [2.24, 2.45) is 7.05 Å². The third-order valence-corrected chi connectivity index (χ3v) is 1.55. The first-order valence-corrected chi connectivity index (χ1v) is 4.26. The Bertz CT molecular complexity index is 219. The number of nitrogens with zero attached hydrogens (tertiary/aromatic N) is 4. The van der Waals surface area contributed by atoms with Gasteiger partial charge in [-0.3, -0.25) is 0 Å². The Morgan fingerprint density at radius 2 is 2.33 bits per heavy atom. The van der Waals surface area contributed by atoms with Crippen molar-refractivity contribution in [2.75, 3.05) is 13.1 Å². The maximum Gasteiger partial charge on any atom is 0.174 e. The molecule has 1 aromatic heterocycles. The van der Waals surface area contributed by atoms with Gasteiger partial charge in [0.25, 0.3) is 0 Å². The van der Waals surface area contributed by atoms with E-state index in [-0.39, 0.29) is 0 Å². The van der Waals surface area contributed by atoms with Gasteiger partial charge in [0.05, 0.1) is 7.05 Å². The van der Waals surface area contributed by atoms with Crippen LogP contribution in [0.4, 0.5) is 0 Å². The van der Waals surface area contributed by atoms with Crippen LogP contribution in [0.1, 0.15) is 19.2 Å². The van der Waals surface area contributed by atoms with E-state index < -0.39 is 0 Å². The molecule has 1 rings (SSSR count). The standard InChI is InChI=1S/C7H15N5/c1-3-8-6-4-5-7-9-11-12(2)10-7/h8H,3-6H2,1-2H3. The molecule has 0 aromatic carbocycles. The normalized spacial score (nSPS) is 10.5. The monoisotopic (exact) mass is 169 g/mol. The summed E-state index contributed by atoms with van der Waals surface area (Å²) in [6.45, 7) is 4.14. The number of hydrogen-bond donors (Lipinski definition) is 1. The van der Waals surface area contributed by atoms with Crippen LogP contribution >= 0.6 is 0 Å². The van der Waals surface area contributed by atoms with Crippen molar-refractivity contribution >= 4 is 0 Å². The van der Waals surface area contributed by atoms with E-state index in [0.29, 0.717) is 0 Å². The van der Waals surface area contributed by atoms with Crippen LogP contribution in [-0.2, 0) is 13.5 Å². The second-order valence-electron chi connectivity index (χ2n) is 2.65. The molecule has 5 nitrogen and oxygen atoms in total. The Balaban J connectivity index is 2.15. The van der Waals surface area contributed by atoms with Crippen molar-refractivity contribution in [1.82, 2.24) is 25.5 Å². The first-order chi connectivity index (χ1) is 5.83. The summed E-state index contributed by atoms with van der Waals surface area (Å²) in [5.74, 6) is 0.829. The third-order valence-electron chi connectivity index (χ3n) is 1.55. The van der Waals surface area contributed by atoms with Crippen LogP contribution in [0.2, 0.25) is 0 Å². The predicted molar refractivity (Wildman–Crippen MR) is 45.7 cm³/mol. The maximum atomic E-state index is 4.07. The maximum absolute atomic E-state index is 4.07. The number of tetrazole rings is 1. The molecule has 0 bridgehead atoms. The van der Waals surface area contributed by atoms with E-state index in [0.717, 1.165) is 31.8 Å². The Kier molecular flexibility index (Phi) is 3.66. The van der Waals surface area contributed by atoms with Crippen molar-refractivity contribution in [1.29, 1.82) is 0 Å². The van der Waals surface area contributed by atoms with E-state index in [4.69, 9.17) is 0 Å². The van der Waals surface area contributed by atoms with E-state index in [1.54, 1.807) is 7.05 Å². The Morgan fingerprint density at radius 3 is 2.92 bits per heavy atom. The lowest BCUT2D eigenvalue weighted by molar-refractivity contribution is 0.623. The highest BCUT2D eigenvalue weighted by atomic mass is 15.6. The van der Waals surface area contributed by atoms with E-state index in [2.05, 4.69) is 27.7 Å². The summed E-state index contributed by atoms with van der Waals surface area (Å²) >= 11 is 0. The summed E-state index contributed by atoms with van der Waals surface area (Å²) in [5, 5.41) is 15.0. The summed E-state index contributed by atoms with van der Waals surface area (Å²) in [5.41, 5.74) is 0. The first kappa shape index (κ1) is 9.12. The van der Waals surface area contributed by atoms with Crippen LogP contribution in [0.5, 0.6) is 0 Å². The minimum absolute atomic E-state index is 0.829. The van der Waals surface area contributed by atoms with Gasteiger partial charge in [-0.15, -0.1) is 10.2 Å². The highest BCUT2D eigenvalue weighted by molar-refractivity contribution is 4.76. The van der Waals surface area contributed by atoms with Crippen molar-refractivity contribution in [3.63, 3.8) is 0 Å². The number of rotatable bonds is 5. The van der Waals surface area contributed by atoms with Crippen molar-refractivity contribution in [3.05, 3.63) is 5.82 Å². The molecule has 0 saturated carbocycles. The van der Waals surface area contributed by atoms with E-state index in [1.165, 1.54) is 4.80 Å². The minimum Gasteiger partial charge on any atom is -0.317 e. The molecule has 1 aromatic rings. The topological polar surface area (TPSA) is 55.6 Å². The minimum atomic E-state index is 0.829. The van der Waals surface area contributed by atoms with Crippen molar-refractivity contribution < 1.29 is 0 Å². The molecule has 0 fully saturated rings. The molecule has 1 N–H and O–H groups in total. The van der Waals surface area contributed by atoms with E-state index in [1.807, 2.05) is 0 Å². The predicted octanol–water partition coefficient (Wildman–Crippen LogP) is -0.248. The lowest BCUT2D eigenvalue weighted by atomic mass is 10.3. The van der Waals surface area contributed by atoms with Crippen LogP contribution in [0, 0.1) is 0 Å². The largest absolute Gasteiger partial charge is 0.317 e. The zero-order valence-electron chi connectivity index (χ0n) is 7.62. The van der Waals surface area contributed by atoms with Gasteiger partial charge < -0.3 is 5.32 Å². The van der Waals surface area contributed by atoms with Crippen molar-refractivity contribution in [2.45, 2.75) is 19.8 Å². The van der Waals surface area contributed by atoms with Gasteiger partial charge in [0.1, 0.15) is 0 Å². The lowest BCUT2D eigenvalue weighted by Crippen LogP contribution is -2.14. The molecule has 0 aliphatic rings. The highest BCUT2D eigenvalue weighted by Gasteiger charge is 1.98. The molecule has 0 atom stereocenters. The Labute approximate surface area is 72.2 Å². The molecular weight excluding hydrogens is 154 g/mol. The number of nitrogens with one attached hydrogen (secondary N) is 1. The van der Waals surface area contributed by atoms with Crippen LogP contribution in [0.3, 0.4) is 0 Å². The summed E-state index contributed by atoms with van der Waals surface area (Å²) in [6, 6.07) is 0. The number of aromatic nitrogens is 4. The van der Waals surface area contributed by atoms with Gasteiger partial charge in [-0.2, -0.15) is 4.80 Å². The van der Waals surface area contributed by atoms with Gasteiger partial charge in [-0.25, -0.2) is 0 Å². The molecule has 68 valence electrons. The summed E-state index contributed by atoms with van der Waals surface area (Å²) in [7, 11) is 1.78. The molecule has 0 saturated heterocycles. The quantitative estimate of drug-likeness (QED) is 0.618.